The first-order chi connectivity index (χ1) is 20.8. The fourth-order valence-electron chi connectivity index (χ4n) is 6.81. The van der Waals surface area contributed by atoms with Crippen LogP contribution in [0.2, 0.25) is 0 Å². The van der Waals surface area contributed by atoms with Gasteiger partial charge in [-0.1, -0.05) is 60.7 Å². The van der Waals surface area contributed by atoms with E-state index in [9.17, 15) is 0 Å². The van der Waals surface area contributed by atoms with E-state index in [2.05, 4.69) is 108 Å². The molecule has 0 bridgehead atoms. The molecule has 0 saturated carbocycles. The third kappa shape index (κ3) is 4.57. The highest BCUT2D eigenvalue weighted by atomic mass is 14.9. The molecule has 4 nitrogen and oxygen atoms in total. The van der Waals surface area contributed by atoms with Gasteiger partial charge in [-0.3, -0.25) is 9.97 Å². The van der Waals surface area contributed by atoms with Crippen LogP contribution >= 0.6 is 0 Å². The van der Waals surface area contributed by atoms with Crippen molar-refractivity contribution >= 4 is 44.6 Å². The largest absolute Gasteiger partial charge is 0.355 e. The molecule has 4 heteroatoms. The third-order valence-electron chi connectivity index (χ3n) is 8.98. The maximum absolute atomic E-state index is 4.99. The molecule has 0 unspecified atom stereocenters. The number of nitrogens with one attached hydrogen (secondary N) is 2. The Morgan fingerprint density at radius 1 is 0.429 bits per heavy atom. The van der Waals surface area contributed by atoms with E-state index in [0.29, 0.717) is 0 Å². The van der Waals surface area contributed by atoms with Crippen molar-refractivity contribution in [3.8, 4) is 11.1 Å². The van der Waals surface area contributed by atoms with Crippen molar-refractivity contribution in [1.29, 1.82) is 0 Å². The zero-order valence-electron chi connectivity index (χ0n) is 23.8. The average Bonchev–Trinajstić information content (AvgIpc) is 3.05. The van der Waals surface area contributed by atoms with Gasteiger partial charge in [0.05, 0.1) is 22.4 Å². The minimum Gasteiger partial charge on any atom is -0.355 e. The summed E-state index contributed by atoms with van der Waals surface area (Å²) >= 11 is 0. The SMILES string of the molecule is c1ccc2c(Nc3ccc(-c4ccc(Nc5c6c(nc7ccccc57)CCCC6)cc4)cc3)c3c(nc2c1)CCCC3. The second-order valence-corrected chi connectivity index (χ2v) is 11.7. The Balaban J connectivity index is 1.06. The lowest BCUT2D eigenvalue weighted by atomic mass is 9.92. The number of pyridine rings is 2. The number of fused-ring (bicyclic) bond motifs is 4. The maximum Gasteiger partial charge on any atom is 0.0726 e. The number of rotatable bonds is 5. The molecular formula is C38H34N4. The summed E-state index contributed by atoms with van der Waals surface area (Å²) in [5.74, 6) is 0. The lowest BCUT2D eigenvalue weighted by Gasteiger charge is -2.22. The van der Waals surface area contributed by atoms with E-state index < -0.39 is 0 Å². The number of anilines is 4. The van der Waals surface area contributed by atoms with Crippen LogP contribution in [0.4, 0.5) is 22.7 Å². The molecule has 4 aromatic carbocycles. The molecule has 0 fully saturated rings. The summed E-state index contributed by atoms with van der Waals surface area (Å²) in [7, 11) is 0. The molecule has 2 N–H and O–H groups in total. The zero-order chi connectivity index (χ0) is 27.9. The summed E-state index contributed by atoms with van der Waals surface area (Å²) in [6.07, 6.45) is 9.22. The Hall–Kier alpha value is -4.70. The topological polar surface area (TPSA) is 49.8 Å². The van der Waals surface area contributed by atoms with Crippen LogP contribution in [0.15, 0.2) is 97.1 Å². The number of nitrogens with zero attached hydrogens (tertiary/aromatic N) is 2. The molecule has 42 heavy (non-hydrogen) atoms. The van der Waals surface area contributed by atoms with Crippen molar-refractivity contribution in [1.82, 2.24) is 9.97 Å². The molecule has 2 heterocycles. The van der Waals surface area contributed by atoms with Gasteiger partial charge in [-0.2, -0.15) is 0 Å². The molecule has 0 amide bonds. The lowest BCUT2D eigenvalue weighted by molar-refractivity contribution is 0.672. The highest BCUT2D eigenvalue weighted by Crippen LogP contribution is 2.37. The molecule has 2 aliphatic rings. The van der Waals surface area contributed by atoms with Gasteiger partial charge < -0.3 is 10.6 Å². The standard InChI is InChI=1S/C38H34N4/c1-5-13-33-29(9-1)37(30-10-2-6-14-34(30)41-33)39-27-21-17-25(18-22-27)26-19-23-28(24-20-26)40-38-31-11-3-7-15-35(31)42-36-16-8-4-12-32(36)38/h1,3,5,7,9,11,13,15,17-24H,2,4,6,8,10,12,14,16H2,(H,39,41)(H,40,42). The molecule has 8 rings (SSSR count). The van der Waals surface area contributed by atoms with Gasteiger partial charge >= 0.3 is 0 Å². The van der Waals surface area contributed by atoms with Gasteiger partial charge in [-0.15, -0.1) is 0 Å². The highest BCUT2D eigenvalue weighted by Gasteiger charge is 2.19. The first-order valence-corrected chi connectivity index (χ1v) is 15.4. The van der Waals surface area contributed by atoms with Crippen LogP contribution in [-0.2, 0) is 25.7 Å². The highest BCUT2D eigenvalue weighted by molar-refractivity contribution is 5.96. The van der Waals surface area contributed by atoms with E-state index in [4.69, 9.17) is 9.97 Å². The van der Waals surface area contributed by atoms with Crippen LogP contribution in [0, 0.1) is 0 Å². The van der Waals surface area contributed by atoms with Crippen LogP contribution in [0.3, 0.4) is 0 Å². The monoisotopic (exact) mass is 546 g/mol. The van der Waals surface area contributed by atoms with E-state index in [1.165, 1.54) is 81.5 Å². The van der Waals surface area contributed by atoms with Crippen molar-refractivity contribution in [3.63, 3.8) is 0 Å². The molecule has 0 atom stereocenters. The second kappa shape index (κ2) is 10.6. The van der Waals surface area contributed by atoms with Crippen LogP contribution in [0.25, 0.3) is 32.9 Å². The first kappa shape index (κ1) is 25.0. The van der Waals surface area contributed by atoms with E-state index in [1.807, 2.05) is 0 Å². The van der Waals surface area contributed by atoms with Crippen molar-refractivity contribution in [2.75, 3.05) is 10.6 Å². The van der Waals surface area contributed by atoms with Gasteiger partial charge in [0.1, 0.15) is 0 Å². The van der Waals surface area contributed by atoms with Gasteiger partial charge in [0.2, 0.25) is 0 Å². The summed E-state index contributed by atoms with van der Waals surface area (Å²) in [5, 5.41) is 9.95. The predicted octanol–water partition coefficient (Wildman–Crippen LogP) is 9.69. The number of hydrogen-bond acceptors (Lipinski definition) is 4. The lowest BCUT2D eigenvalue weighted by Crippen LogP contribution is -2.09. The minimum atomic E-state index is 1.07. The van der Waals surface area contributed by atoms with Gasteiger partial charge in [-0.05, 0) is 110 Å². The molecular weight excluding hydrogens is 512 g/mol. The average molecular weight is 547 g/mol. The predicted molar refractivity (Wildman–Crippen MR) is 175 cm³/mol. The normalized spacial score (nSPS) is 14.4. The number of para-hydroxylation sites is 2. The summed E-state index contributed by atoms with van der Waals surface area (Å²) in [6.45, 7) is 0. The zero-order valence-corrected chi connectivity index (χ0v) is 23.8. The van der Waals surface area contributed by atoms with Crippen LogP contribution in [0.5, 0.6) is 0 Å². The molecule has 0 saturated heterocycles. The van der Waals surface area contributed by atoms with Crippen LogP contribution < -0.4 is 10.6 Å². The summed E-state index contributed by atoms with van der Waals surface area (Å²) in [6, 6.07) is 34.7. The number of benzene rings is 4. The van der Waals surface area contributed by atoms with Gasteiger partial charge in [0.25, 0.3) is 0 Å². The summed E-state index contributed by atoms with van der Waals surface area (Å²) in [5.41, 5.74) is 14.5. The maximum atomic E-state index is 4.99. The third-order valence-corrected chi connectivity index (χ3v) is 8.98. The molecule has 206 valence electrons. The molecule has 0 aliphatic heterocycles. The van der Waals surface area contributed by atoms with E-state index in [0.717, 1.165) is 48.1 Å². The van der Waals surface area contributed by atoms with Crippen molar-refractivity contribution in [3.05, 3.63) is 120 Å². The minimum absolute atomic E-state index is 1.07. The fraction of sp³-hybridized carbons (Fsp3) is 0.211. The Morgan fingerprint density at radius 2 is 0.833 bits per heavy atom. The Labute approximate surface area is 246 Å². The van der Waals surface area contributed by atoms with Gasteiger partial charge in [0.15, 0.2) is 0 Å². The Morgan fingerprint density at radius 3 is 1.29 bits per heavy atom. The Bertz CT molecular complexity index is 1780. The summed E-state index contributed by atoms with van der Waals surface area (Å²) in [4.78, 5) is 9.99. The van der Waals surface area contributed by atoms with Crippen molar-refractivity contribution in [2.45, 2.75) is 51.4 Å². The van der Waals surface area contributed by atoms with E-state index in [1.54, 1.807) is 0 Å². The smallest absolute Gasteiger partial charge is 0.0726 e. The number of aryl methyl sites for hydroxylation is 2. The van der Waals surface area contributed by atoms with Gasteiger partial charge in [-0.25, -0.2) is 0 Å². The van der Waals surface area contributed by atoms with Crippen LogP contribution in [-0.4, -0.2) is 9.97 Å². The molecule has 2 aromatic heterocycles. The quantitative estimate of drug-likeness (QED) is 0.226. The number of hydrogen-bond donors (Lipinski definition) is 2. The first-order valence-electron chi connectivity index (χ1n) is 15.4. The van der Waals surface area contributed by atoms with E-state index in [-0.39, 0.29) is 0 Å². The molecule has 2 aliphatic carbocycles. The molecule has 0 radical (unpaired) electrons. The van der Waals surface area contributed by atoms with E-state index >= 15 is 0 Å². The fourth-order valence-corrected chi connectivity index (χ4v) is 6.81. The van der Waals surface area contributed by atoms with Crippen molar-refractivity contribution in [2.24, 2.45) is 0 Å². The van der Waals surface area contributed by atoms with Gasteiger partial charge in [0, 0.05) is 33.5 Å². The molecule has 6 aromatic rings. The summed E-state index contributed by atoms with van der Waals surface area (Å²) < 4.78 is 0. The van der Waals surface area contributed by atoms with Crippen molar-refractivity contribution < 1.29 is 0 Å². The molecule has 0 spiro atoms. The van der Waals surface area contributed by atoms with Crippen LogP contribution in [0.1, 0.15) is 48.2 Å². The number of aromatic nitrogens is 2. The second-order valence-electron chi connectivity index (χ2n) is 11.7. The Kier molecular flexibility index (Phi) is 6.33.